The van der Waals surface area contributed by atoms with Crippen molar-refractivity contribution in [2.45, 2.75) is 6.54 Å². The average molecular weight is 234 g/mol. The van der Waals surface area contributed by atoms with Crippen LogP contribution in [0.4, 0.5) is 4.39 Å². The number of nitrogens with zero attached hydrogens (tertiary/aromatic N) is 3. The lowest BCUT2D eigenvalue weighted by Gasteiger charge is -2.15. The molecule has 2 heterocycles. The van der Waals surface area contributed by atoms with Gasteiger partial charge in [0, 0.05) is 25.4 Å². The maximum atomic E-state index is 12.7. The monoisotopic (exact) mass is 234 g/mol. The van der Waals surface area contributed by atoms with E-state index in [9.17, 15) is 9.18 Å². The number of aromatic nitrogens is 3. The lowest BCUT2D eigenvalue weighted by molar-refractivity contribution is 0.0779. The summed E-state index contributed by atoms with van der Waals surface area (Å²) in [4.78, 5) is 17.1. The first-order valence-electron chi connectivity index (χ1n) is 5.01. The predicted molar refractivity (Wildman–Crippen MR) is 58.6 cm³/mol. The Hall–Kier alpha value is -2.24. The third kappa shape index (κ3) is 2.66. The van der Waals surface area contributed by atoms with E-state index in [1.54, 1.807) is 19.4 Å². The first-order chi connectivity index (χ1) is 8.16. The van der Waals surface area contributed by atoms with Gasteiger partial charge < -0.3 is 4.90 Å². The molecular weight excluding hydrogens is 223 g/mol. The Balaban J connectivity index is 2.07. The highest BCUT2D eigenvalue weighted by atomic mass is 19.1. The zero-order valence-corrected chi connectivity index (χ0v) is 9.22. The second-order valence-electron chi connectivity index (χ2n) is 3.63. The van der Waals surface area contributed by atoms with Gasteiger partial charge >= 0.3 is 0 Å². The Labute approximate surface area is 97.3 Å². The number of rotatable bonds is 3. The number of pyridine rings is 1. The van der Waals surface area contributed by atoms with E-state index < -0.39 is 5.82 Å². The first-order valence-corrected chi connectivity index (χ1v) is 5.01. The smallest absolute Gasteiger partial charge is 0.272 e. The molecule has 2 aromatic heterocycles. The van der Waals surface area contributed by atoms with Crippen molar-refractivity contribution in [2.24, 2.45) is 0 Å². The summed E-state index contributed by atoms with van der Waals surface area (Å²) in [5, 5.41) is 6.46. The summed E-state index contributed by atoms with van der Waals surface area (Å²) in [5.74, 6) is -0.717. The average Bonchev–Trinajstić information content (AvgIpc) is 2.82. The van der Waals surface area contributed by atoms with Crippen LogP contribution in [0.3, 0.4) is 0 Å². The van der Waals surface area contributed by atoms with Gasteiger partial charge in [0.05, 0.1) is 12.4 Å². The zero-order chi connectivity index (χ0) is 12.3. The van der Waals surface area contributed by atoms with Crippen molar-refractivity contribution in [1.82, 2.24) is 20.1 Å². The van der Waals surface area contributed by atoms with Crippen molar-refractivity contribution in [3.8, 4) is 0 Å². The third-order valence-corrected chi connectivity index (χ3v) is 2.27. The van der Waals surface area contributed by atoms with Crippen LogP contribution in [0.2, 0.25) is 0 Å². The summed E-state index contributed by atoms with van der Waals surface area (Å²) in [6, 6.07) is 2.58. The van der Waals surface area contributed by atoms with Crippen LogP contribution in [-0.4, -0.2) is 33.0 Å². The number of halogens is 1. The van der Waals surface area contributed by atoms with E-state index in [4.69, 9.17) is 0 Å². The quantitative estimate of drug-likeness (QED) is 0.868. The molecule has 88 valence electrons. The Morgan fingerprint density at radius 3 is 2.88 bits per heavy atom. The minimum atomic E-state index is -0.459. The largest absolute Gasteiger partial charge is 0.336 e. The van der Waals surface area contributed by atoms with Gasteiger partial charge in [0.2, 0.25) is 0 Å². The summed E-state index contributed by atoms with van der Waals surface area (Å²) in [7, 11) is 1.65. The van der Waals surface area contributed by atoms with Crippen LogP contribution in [0.25, 0.3) is 0 Å². The van der Waals surface area contributed by atoms with Crippen LogP contribution < -0.4 is 0 Å². The van der Waals surface area contributed by atoms with Crippen molar-refractivity contribution >= 4 is 5.91 Å². The van der Waals surface area contributed by atoms with Crippen molar-refractivity contribution in [2.75, 3.05) is 7.05 Å². The van der Waals surface area contributed by atoms with E-state index in [0.717, 1.165) is 11.8 Å². The number of carbonyl (C=O) groups is 1. The Kier molecular flexibility index (Phi) is 3.13. The molecule has 0 aliphatic rings. The molecule has 0 saturated heterocycles. The normalized spacial score (nSPS) is 10.2. The van der Waals surface area contributed by atoms with Gasteiger partial charge in [-0.3, -0.25) is 9.89 Å². The maximum absolute atomic E-state index is 12.7. The highest BCUT2D eigenvalue weighted by Gasteiger charge is 2.13. The molecular formula is C11H11FN4O. The van der Waals surface area contributed by atoms with Gasteiger partial charge in [-0.15, -0.1) is 0 Å². The number of amides is 1. The van der Waals surface area contributed by atoms with Gasteiger partial charge in [-0.2, -0.15) is 5.10 Å². The molecule has 0 aromatic carbocycles. The van der Waals surface area contributed by atoms with Gasteiger partial charge in [0.1, 0.15) is 11.5 Å². The SMILES string of the molecule is CN(Cc1cn[nH]c1)C(=O)c1ccc(F)cn1. The molecule has 0 unspecified atom stereocenters. The van der Waals surface area contributed by atoms with E-state index in [2.05, 4.69) is 15.2 Å². The molecule has 0 radical (unpaired) electrons. The summed E-state index contributed by atoms with van der Waals surface area (Å²) >= 11 is 0. The number of nitrogens with one attached hydrogen (secondary N) is 1. The van der Waals surface area contributed by atoms with E-state index >= 15 is 0 Å². The molecule has 0 saturated carbocycles. The van der Waals surface area contributed by atoms with Gasteiger partial charge in [-0.25, -0.2) is 9.37 Å². The number of hydrogen-bond acceptors (Lipinski definition) is 3. The molecule has 0 spiro atoms. The minimum absolute atomic E-state index is 0.220. The summed E-state index contributed by atoms with van der Waals surface area (Å²) in [6.07, 6.45) is 4.38. The van der Waals surface area contributed by atoms with Gasteiger partial charge in [0.15, 0.2) is 0 Å². The van der Waals surface area contributed by atoms with Crippen molar-refractivity contribution in [3.63, 3.8) is 0 Å². The molecule has 0 fully saturated rings. The lowest BCUT2D eigenvalue weighted by Crippen LogP contribution is -2.26. The Morgan fingerprint density at radius 1 is 1.47 bits per heavy atom. The Bertz CT molecular complexity index is 495. The molecule has 5 nitrogen and oxygen atoms in total. The van der Waals surface area contributed by atoms with Gasteiger partial charge in [-0.05, 0) is 12.1 Å². The maximum Gasteiger partial charge on any atom is 0.272 e. The molecule has 0 aliphatic heterocycles. The highest BCUT2D eigenvalue weighted by molar-refractivity contribution is 5.91. The van der Waals surface area contributed by atoms with Crippen LogP contribution in [-0.2, 0) is 6.54 Å². The van der Waals surface area contributed by atoms with E-state index in [1.165, 1.54) is 17.0 Å². The number of H-pyrrole nitrogens is 1. The van der Waals surface area contributed by atoms with Crippen LogP contribution in [0.15, 0.2) is 30.7 Å². The highest BCUT2D eigenvalue weighted by Crippen LogP contribution is 2.05. The van der Waals surface area contributed by atoms with Crippen LogP contribution >= 0.6 is 0 Å². The molecule has 6 heteroatoms. The van der Waals surface area contributed by atoms with Crippen LogP contribution in [0.5, 0.6) is 0 Å². The lowest BCUT2D eigenvalue weighted by atomic mass is 10.3. The van der Waals surface area contributed by atoms with E-state index in [0.29, 0.717) is 6.54 Å². The number of carbonyl (C=O) groups excluding carboxylic acids is 1. The Morgan fingerprint density at radius 2 is 2.29 bits per heavy atom. The minimum Gasteiger partial charge on any atom is -0.336 e. The fraction of sp³-hybridized carbons (Fsp3) is 0.182. The fourth-order valence-electron chi connectivity index (χ4n) is 1.41. The standard InChI is InChI=1S/C11H11FN4O/c1-16(7-8-4-14-15-5-8)11(17)10-3-2-9(12)6-13-10/h2-6H,7H2,1H3,(H,14,15). The van der Waals surface area contributed by atoms with E-state index in [-0.39, 0.29) is 11.6 Å². The first kappa shape index (κ1) is 11.3. The molecule has 0 atom stereocenters. The fourth-order valence-corrected chi connectivity index (χ4v) is 1.41. The molecule has 2 aromatic rings. The molecule has 2 rings (SSSR count). The summed E-state index contributed by atoms with van der Waals surface area (Å²) in [6.45, 7) is 0.425. The van der Waals surface area contributed by atoms with Gasteiger partial charge in [-0.1, -0.05) is 0 Å². The van der Waals surface area contributed by atoms with E-state index in [1.807, 2.05) is 0 Å². The molecule has 17 heavy (non-hydrogen) atoms. The molecule has 0 aliphatic carbocycles. The summed E-state index contributed by atoms with van der Waals surface area (Å²) in [5.41, 5.74) is 1.11. The van der Waals surface area contributed by atoms with Crippen molar-refractivity contribution in [3.05, 3.63) is 47.8 Å². The number of aromatic amines is 1. The second-order valence-corrected chi connectivity index (χ2v) is 3.63. The molecule has 1 amide bonds. The number of hydrogen-bond donors (Lipinski definition) is 1. The molecule has 1 N–H and O–H groups in total. The third-order valence-electron chi connectivity index (χ3n) is 2.27. The topological polar surface area (TPSA) is 61.9 Å². The second kappa shape index (κ2) is 4.73. The molecule has 0 bridgehead atoms. The van der Waals surface area contributed by atoms with Crippen molar-refractivity contribution < 1.29 is 9.18 Å². The van der Waals surface area contributed by atoms with Crippen molar-refractivity contribution in [1.29, 1.82) is 0 Å². The van der Waals surface area contributed by atoms with Gasteiger partial charge in [0.25, 0.3) is 5.91 Å². The van der Waals surface area contributed by atoms with Crippen LogP contribution in [0, 0.1) is 5.82 Å². The van der Waals surface area contributed by atoms with Crippen LogP contribution in [0.1, 0.15) is 16.1 Å². The zero-order valence-electron chi connectivity index (χ0n) is 9.22. The summed E-state index contributed by atoms with van der Waals surface area (Å²) < 4.78 is 12.7. The predicted octanol–water partition coefficient (Wildman–Crippen LogP) is 1.22.